The van der Waals surface area contributed by atoms with Gasteiger partial charge in [-0.25, -0.2) is 4.98 Å². The molecule has 0 N–H and O–H groups in total. The van der Waals surface area contributed by atoms with Gasteiger partial charge in [0.05, 0.1) is 11.7 Å². The summed E-state index contributed by atoms with van der Waals surface area (Å²) in [6.07, 6.45) is 11.6. The number of rotatable bonds is 5. The molecule has 1 saturated carbocycles. The molecule has 6 nitrogen and oxygen atoms in total. The molecular formula is C26H30N4O2. The summed E-state index contributed by atoms with van der Waals surface area (Å²) in [6.45, 7) is 4.04. The Kier molecular flexibility index (Phi) is 5.10. The summed E-state index contributed by atoms with van der Waals surface area (Å²) in [5.74, 6) is 1.83. The normalized spacial score (nSPS) is 20.2. The van der Waals surface area contributed by atoms with Gasteiger partial charge in [-0.2, -0.15) is 0 Å². The van der Waals surface area contributed by atoms with Crippen LogP contribution in [0.15, 0.2) is 48.8 Å². The van der Waals surface area contributed by atoms with Crippen molar-refractivity contribution in [3.05, 3.63) is 54.4 Å². The minimum Gasteiger partial charge on any atom is -0.489 e. The number of hydrogen-bond acceptors (Lipinski definition) is 4. The summed E-state index contributed by atoms with van der Waals surface area (Å²) in [5.41, 5.74) is 1.81. The van der Waals surface area contributed by atoms with Gasteiger partial charge in [0.15, 0.2) is 0 Å². The lowest BCUT2D eigenvalue weighted by atomic mass is 9.90. The van der Waals surface area contributed by atoms with Crippen molar-refractivity contribution in [3.63, 3.8) is 0 Å². The molecule has 3 aromatic rings. The van der Waals surface area contributed by atoms with Crippen LogP contribution >= 0.6 is 0 Å². The molecule has 2 saturated heterocycles. The van der Waals surface area contributed by atoms with Crippen LogP contribution in [0.4, 0.5) is 0 Å². The lowest BCUT2D eigenvalue weighted by molar-refractivity contribution is 0.0492. The van der Waals surface area contributed by atoms with E-state index in [0.29, 0.717) is 0 Å². The van der Waals surface area contributed by atoms with E-state index in [0.717, 1.165) is 79.5 Å². The zero-order valence-corrected chi connectivity index (χ0v) is 18.4. The maximum absolute atomic E-state index is 12.5. The third-order valence-electron chi connectivity index (χ3n) is 7.42. The van der Waals surface area contributed by atoms with Gasteiger partial charge in [0, 0.05) is 49.4 Å². The van der Waals surface area contributed by atoms with Crippen molar-refractivity contribution in [1.29, 1.82) is 0 Å². The molecule has 1 amide bonds. The standard InChI is InChI=1S/C26H30N4O2/c31-26(29-12-2-13-29)20-5-7-24-19(17-20)9-16-30(24)25-8-6-23(18-27-25)32-22-10-14-28(15-11-22)21-3-1-4-21/h5-9,16-18,21-22H,1-4,10-15H2. The summed E-state index contributed by atoms with van der Waals surface area (Å²) < 4.78 is 8.30. The number of aromatic nitrogens is 2. The van der Waals surface area contributed by atoms with Crippen molar-refractivity contribution >= 4 is 16.8 Å². The third kappa shape index (κ3) is 3.66. The third-order valence-corrected chi connectivity index (χ3v) is 7.42. The highest BCUT2D eigenvalue weighted by Gasteiger charge is 2.29. The van der Waals surface area contributed by atoms with Crippen LogP contribution < -0.4 is 4.74 Å². The summed E-state index contributed by atoms with van der Waals surface area (Å²) in [7, 11) is 0. The highest BCUT2D eigenvalue weighted by Crippen LogP contribution is 2.29. The Bertz CT molecular complexity index is 1110. The average molecular weight is 431 g/mol. The molecule has 1 aliphatic carbocycles. The summed E-state index contributed by atoms with van der Waals surface area (Å²) in [5, 5.41) is 1.05. The van der Waals surface area contributed by atoms with E-state index in [1.807, 2.05) is 53.7 Å². The molecule has 2 aromatic heterocycles. The number of amides is 1. The van der Waals surface area contributed by atoms with E-state index in [2.05, 4.69) is 14.5 Å². The van der Waals surface area contributed by atoms with Gasteiger partial charge in [0.25, 0.3) is 5.91 Å². The average Bonchev–Trinajstić information content (AvgIpc) is 3.16. The SMILES string of the molecule is O=C(c1ccc2c(ccn2-c2ccc(OC3CCN(C4CCC4)CC3)cn2)c1)N1CCC1. The summed E-state index contributed by atoms with van der Waals surface area (Å²) in [6, 6.07) is 12.8. The van der Waals surface area contributed by atoms with Gasteiger partial charge in [0.1, 0.15) is 17.7 Å². The van der Waals surface area contributed by atoms with Crippen molar-refractivity contribution in [2.45, 2.75) is 50.7 Å². The van der Waals surface area contributed by atoms with Crippen LogP contribution in [0.1, 0.15) is 48.9 Å². The second-order valence-electron chi connectivity index (χ2n) is 9.40. The second kappa shape index (κ2) is 8.24. The smallest absolute Gasteiger partial charge is 0.253 e. The number of fused-ring (bicyclic) bond motifs is 1. The van der Waals surface area contributed by atoms with Crippen LogP contribution in [0.5, 0.6) is 5.75 Å². The zero-order chi connectivity index (χ0) is 21.5. The van der Waals surface area contributed by atoms with E-state index in [4.69, 9.17) is 4.74 Å². The maximum Gasteiger partial charge on any atom is 0.253 e. The van der Waals surface area contributed by atoms with E-state index in [9.17, 15) is 4.79 Å². The van der Waals surface area contributed by atoms with Crippen LogP contribution in [-0.2, 0) is 0 Å². The number of hydrogen-bond donors (Lipinski definition) is 0. The first-order valence-electron chi connectivity index (χ1n) is 12.0. The van der Waals surface area contributed by atoms with Gasteiger partial charge in [-0.15, -0.1) is 0 Å². The molecule has 0 atom stereocenters. The number of carbonyl (C=O) groups is 1. The number of nitrogens with zero attached hydrogens (tertiary/aromatic N) is 4. The van der Waals surface area contributed by atoms with Gasteiger partial charge in [-0.05, 0) is 68.5 Å². The van der Waals surface area contributed by atoms with Gasteiger partial charge in [-0.1, -0.05) is 6.42 Å². The first-order chi connectivity index (χ1) is 15.7. The molecule has 3 aliphatic rings. The molecule has 0 radical (unpaired) electrons. The van der Waals surface area contributed by atoms with Gasteiger partial charge >= 0.3 is 0 Å². The number of ether oxygens (including phenoxy) is 1. The minimum absolute atomic E-state index is 0.129. The van der Waals surface area contributed by atoms with E-state index in [-0.39, 0.29) is 12.0 Å². The Balaban J connectivity index is 1.12. The molecule has 6 heteroatoms. The summed E-state index contributed by atoms with van der Waals surface area (Å²) >= 11 is 0. The van der Waals surface area contributed by atoms with Crippen molar-refractivity contribution in [1.82, 2.24) is 19.4 Å². The molecular weight excluding hydrogens is 400 g/mol. The van der Waals surface area contributed by atoms with Crippen molar-refractivity contribution in [2.24, 2.45) is 0 Å². The monoisotopic (exact) mass is 430 g/mol. The van der Waals surface area contributed by atoms with Crippen LogP contribution in [0, 0.1) is 0 Å². The molecule has 1 aromatic carbocycles. The summed E-state index contributed by atoms with van der Waals surface area (Å²) in [4.78, 5) is 21.7. The number of likely N-dealkylation sites (tertiary alicyclic amines) is 2. The molecule has 0 unspecified atom stereocenters. The number of carbonyl (C=O) groups excluding carboxylic acids is 1. The highest BCUT2D eigenvalue weighted by atomic mass is 16.5. The molecule has 0 spiro atoms. The topological polar surface area (TPSA) is 50.6 Å². The van der Waals surface area contributed by atoms with Crippen LogP contribution in [-0.4, -0.2) is 63.6 Å². The van der Waals surface area contributed by atoms with Crippen LogP contribution in [0.25, 0.3) is 16.7 Å². The Labute approximate surface area is 188 Å². The Morgan fingerprint density at radius 3 is 2.44 bits per heavy atom. The molecule has 4 heterocycles. The van der Waals surface area contributed by atoms with Crippen molar-refractivity contribution in [3.8, 4) is 11.6 Å². The largest absolute Gasteiger partial charge is 0.489 e. The van der Waals surface area contributed by atoms with Gasteiger partial charge in [0.2, 0.25) is 0 Å². The fraction of sp³-hybridized carbons (Fsp3) is 0.462. The number of piperidine rings is 1. The van der Waals surface area contributed by atoms with Crippen LogP contribution in [0.3, 0.4) is 0 Å². The van der Waals surface area contributed by atoms with Crippen molar-refractivity contribution in [2.75, 3.05) is 26.2 Å². The van der Waals surface area contributed by atoms with E-state index in [1.54, 1.807) is 0 Å². The lowest BCUT2D eigenvalue weighted by Gasteiger charge is -2.41. The Hall–Kier alpha value is -2.86. The fourth-order valence-electron chi connectivity index (χ4n) is 5.07. The van der Waals surface area contributed by atoms with Gasteiger partial charge in [-0.3, -0.25) is 4.79 Å². The first kappa shape index (κ1) is 19.8. The van der Waals surface area contributed by atoms with E-state index >= 15 is 0 Å². The number of benzene rings is 1. The quantitative estimate of drug-likeness (QED) is 0.607. The molecule has 0 bridgehead atoms. The molecule has 3 fully saturated rings. The fourth-order valence-corrected chi connectivity index (χ4v) is 5.07. The minimum atomic E-state index is 0.129. The predicted molar refractivity (Wildman–Crippen MR) is 124 cm³/mol. The number of pyridine rings is 1. The first-order valence-corrected chi connectivity index (χ1v) is 12.0. The lowest BCUT2D eigenvalue weighted by Crippen LogP contribution is -2.46. The van der Waals surface area contributed by atoms with Gasteiger partial charge < -0.3 is 19.1 Å². The van der Waals surface area contributed by atoms with E-state index in [1.165, 1.54) is 19.3 Å². The second-order valence-corrected chi connectivity index (χ2v) is 9.40. The Morgan fingerprint density at radius 2 is 1.78 bits per heavy atom. The molecule has 32 heavy (non-hydrogen) atoms. The molecule has 166 valence electrons. The van der Waals surface area contributed by atoms with Crippen LogP contribution in [0.2, 0.25) is 0 Å². The maximum atomic E-state index is 12.5. The van der Waals surface area contributed by atoms with E-state index < -0.39 is 0 Å². The predicted octanol–water partition coefficient (Wildman–Crippen LogP) is 4.27. The Morgan fingerprint density at radius 1 is 0.938 bits per heavy atom. The molecule has 6 rings (SSSR count). The highest BCUT2D eigenvalue weighted by molar-refractivity contribution is 5.98. The zero-order valence-electron chi connectivity index (χ0n) is 18.4. The molecule has 2 aliphatic heterocycles. The van der Waals surface area contributed by atoms with Crippen molar-refractivity contribution < 1.29 is 9.53 Å².